The van der Waals surface area contributed by atoms with Crippen molar-refractivity contribution in [2.75, 3.05) is 6.54 Å². The predicted molar refractivity (Wildman–Crippen MR) is 169 cm³/mol. The van der Waals surface area contributed by atoms with Gasteiger partial charge >= 0.3 is 19.2 Å². The molecule has 5 amide bonds. The van der Waals surface area contributed by atoms with Gasteiger partial charge in [-0.05, 0) is 49.7 Å². The zero-order chi connectivity index (χ0) is 33.5. The highest BCUT2D eigenvalue weighted by Gasteiger charge is 2.46. The lowest BCUT2D eigenvalue weighted by molar-refractivity contribution is -0.141. The van der Waals surface area contributed by atoms with Crippen molar-refractivity contribution in [1.82, 2.24) is 25.8 Å². The molecule has 1 aliphatic carbocycles. The summed E-state index contributed by atoms with van der Waals surface area (Å²) in [5.74, 6) is -2.38. The second-order valence-corrected chi connectivity index (χ2v) is 13.3. The number of fused-ring (bicyclic) bond motifs is 1. The number of hydrogen-bond donors (Lipinski definition) is 5. The van der Waals surface area contributed by atoms with Crippen LogP contribution in [0.2, 0.25) is 0 Å². The highest BCUT2D eigenvalue weighted by molar-refractivity contribution is 6.43. The average molecular weight is 646 g/mol. The third-order valence-corrected chi connectivity index (χ3v) is 9.62. The van der Waals surface area contributed by atoms with Gasteiger partial charge in [-0.25, -0.2) is 14.0 Å². The third-order valence-electron chi connectivity index (χ3n) is 9.62. The van der Waals surface area contributed by atoms with Crippen LogP contribution in [0.1, 0.15) is 90.2 Å². The number of urea groups is 1. The van der Waals surface area contributed by atoms with Crippen LogP contribution in [0.5, 0.6) is 0 Å². The summed E-state index contributed by atoms with van der Waals surface area (Å²) in [4.78, 5) is 57.0. The first-order chi connectivity index (χ1) is 21.9. The fourth-order valence-corrected chi connectivity index (χ4v) is 6.57. The molecule has 3 aliphatic rings. The average Bonchev–Trinajstić information content (AvgIpc) is 3.65. The summed E-state index contributed by atoms with van der Waals surface area (Å²) in [6.07, 6.45) is 3.65. The first-order valence-electron chi connectivity index (χ1n) is 16.6. The van der Waals surface area contributed by atoms with E-state index in [4.69, 9.17) is 4.74 Å². The van der Waals surface area contributed by atoms with Crippen molar-refractivity contribution in [1.29, 1.82) is 0 Å². The Labute approximate surface area is 270 Å². The van der Waals surface area contributed by atoms with E-state index in [1.54, 1.807) is 12.1 Å². The summed E-state index contributed by atoms with van der Waals surface area (Å²) >= 11 is 0. The first-order valence-corrected chi connectivity index (χ1v) is 16.6. The minimum Gasteiger partial charge on any atom is -0.444 e. The van der Waals surface area contributed by atoms with E-state index in [1.807, 2.05) is 27.7 Å². The van der Waals surface area contributed by atoms with Crippen molar-refractivity contribution in [3.63, 3.8) is 0 Å². The summed E-state index contributed by atoms with van der Waals surface area (Å²) in [5.41, 5.74) is 1.12. The van der Waals surface area contributed by atoms with Gasteiger partial charge in [0.05, 0.1) is 19.0 Å². The molecule has 2 heterocycles. The van der Waals surface area contributed by atoms with Crippen molar-refractivity contribution in [2.24, 2.45) is 11.8 Å². The Balaban J connectivity index is 1.55. The molecule has 0 aromatic heterocycles. The molecule has 4 rings (SSSR count). The van der Waals surface area contributed by atoms with Crippen LogP contribution >= 0.6 is 0 Å². The van der Waals surface area contributed by atoms with Crippen LogP contribution in [-0.4, -0.2) is 87.6 Å². The van der Waals surface area contributed by atoms with E-state index in [0.29, 0.717) is 24.0 Å². The van der Waals surface area contributed by atoms with Gasteiger partial charge in [0, 0.05) is 24.6 Å². The Bertz CT molecular complexity index is 1250. The normalized spacial score (nSPS) is 21.7. The molecule has 1 aromatic carbocycles. The maximum atomic E-state index is 14.3. The Morgan fingerprint density at radius 3 is 2.39 bits per heavy atom. The number of rotatable bonds is 11. The molecule has 0 spiro atoms. The predicted octanol–water partition coefficient (Wildman–Crippen LogP) is 2.84. The smallest absolute Gasteiger partial charge is 0.444 e. The van der Waals surface area contributed by atoms with Gasteiger partial charge in [-0.1, -0.05) is 58.6 Å². The molecule has 46 heavy (non-hydrogen) atoms. The number of carbonyl (C=O) groups is 4. The second kappa shape index (κ2) is 15.9. The Morgan fingerprint density at radius 2 is 1.76 bits per heavy atom. The first kappa shape index (κ1) is 35.5. The number of ether oxygens (including phenoxy) is 1. The summed E-state index contributed by atoms with van der Waals surface area (Å²) in [7, 11) is -1.80. The number of carbonyl (C=O) groups excluding carboxylic acids is 4. The van der Waals surface area contributed by atoms with Gasteiger partial charge in [0.2, 0.25) is 11.8 Å². The molecule has 2 aliphatic heterocycles. The van der Waals surface area contributed by atoms with Gasteiger partial charge in [-0.3, -0.25) is 14.5 Å². The summed E-state index contributed by atoms with van der Waals surface area (Å²) < 4.78 is 20.1. The van der Waals surface area contributed by atoms with Crippen molar-refractivity contribution >= 4 is 31.1 Å². The lowest BCUT2D eigenvalue weighted by Gasteiger charge is -2.35. The van der Waals surface area contributed by atoms with Crippen molar-refractivity contribution in [2.45, 2.75) is 122 Å². The largest absolute Gasteiger partial charge is 0.475 e. The minimum atomic E-state index is -1.80. The van der Waals surface area contributed by atoms with E-state index < -0.39 is 61.0 Å². The number of amides is 5. The molecule has 0 bridgehead atoms. The molecule has 254 valence electrons. The van der Waals surface area contributed by atoms with Crippen molar-refractivity contribution in [3.8, 4) is 0 Å². The fourth-order valence-electron chi connectivity index (χ4n) is 6.57. The number of nitrogens with zero attached hydrogens (tertiary/aromatic N) is 2. The molecule has 2 unspecified atom stereocenters. The quantitative estimate of drug-likeness (QED) is 0.232. The van der Waals surface area contributed by atoms with E-state index >= 15 is 0 Å². The zero-order valence-electron chi connectivity index (χ0n) is 27.3. The molecule has 14 heteroatoms. The van der Waals surface area contributed by atoms with Gasteiger partial charge in [-0.15, -0.1) is 0 Å². The van der Waals surface area contributed by atoms with Gasteiger partial charge < -0.3 is 35.6 Å². The lowest BCUT2D eigenvalue weighted by Crippen LogP contribution is -2.59. The van der Waals surface area contributed by atoms with E-state index in [1.165, 1.54) is 15.9 Å². The Morgan fingerprint density at radius 1 is 1.04 bits per heavy atom. The molecular formula is C32H49BFN5O7. The van der Waals surface area contributed by atoms with Crippen LogP contribution in [0.15, 0.2) is 18.2 Å². The summed E-state index contributed by atoms with van der Waals surface area (Å²) in [6, 6.07) is 2.08. The summed E-state index contributed by atoms with van der Waals surface area (Å²) in [6.45, 7) is 7.83. The van der Waals surface area contributed by atoms with E-state index in [9.17, 15) is 33.6 Å². The zero-order valence-corrected chi connectivity index (χ0v) is 27.3. The van der Waals surface area contributed by atoms with Gasteiger partial charge in [0.15, 0.2) is 0 Å². The fraction of sp³-hybridized carbons (Fsp3) is 0.688. The number of hydrogen-bond acceptors (Lipinski definition) is 7. The molecule has 2 fully saturated rings. The van der Waals surface area contributed by atoms with Crippen LogP contribution < -0.4 is 16.0 Å². The van der Waals surface area contributed by atoms with Crippen LogP contribution in [0.25, 0.3) is 0 Å². The summed E-state index contributed by atoms with van der Waals surface area (Å²) in [5, 5.41) is 28.2. The standard InChI is InChI=1S/C32H49BFN5O7/c1-5-10-27(33(44)45)36-29(40)26-15-23(46-32(43)38-16-22-13-9-14-25(34)24(22)18-38)17-39(26)30(41)28(21-11-7-6-8-12-21)37-31(42)35-20(4)19(2)3/h9,13-14,19-21,23,26-28,44-45H,5-8,10-12,15-18H2,1-4H3,(H,36,40)(H2,35,37,42)/t20-,23?,26?,27+,28+/m1/s1. The molecule has 5 atom stereocenters. The minimum absolute atomic E-state index is 0.0210. The topological polar surface area (TPSA) is 161 Å². The molecule has 1 saturated carbocycles. The monoisotopic (exact) mass is 645 g/mol. The number of nitrogens with one attached hydrogen (secondary N) is 3. The Hall–Kier alpha value is -3.39. The third kappa shape index (κ3) is 8.70. The van der Waals surface area contributed by atoms with E-state index in [-0.39, 0.29) is 43.9 Å². The highest BCUT2D eigenvalue weighted by atomic mass is 19.1. The van der Waals surface area contributed by atoms with E-state index in [0.717, 1.165) is 32.1 Å². The molecule has 0 radical (unpaired) electrons. The number of halogens is 1. The SMILES string of the molecule is CCC[C@H](NC(=O)C1CC(OC(=O)N2Cc3cccc(F)c3C2)CN1C(=O)[C@@H](NC(=O)N[C@H](C)C(C)C)C1CCCCC1)B(O)O. The second-order valence-electron chi connectivity index (χ2n) is 13.3. The van der Waals surface area contributed by atoms with Gasteiger partial charge in [-0.2, -0.15) is 0 Å². The highest BCUT2D eigenvalue weighted by Crippen LogP contribution is 2.31. The molecule has 1 saturated heterocycles. The van der Waals surface area contributed by atoms with Gasteiger partial charge in [0.1, 0.15) is 24.0 Å². The van der Waals surface area contributed by atoms with Crippen LogP contribution in [0.4, 0.5) is 14.0 Å². The molecular weight excluding hydrogens is 596 g/mol. The van der Waals surface area contributed by atoms with Crippen LogP contribution in [0, 0.1) is 17.7 Å². The lowest BCUT2D eigenvalue weighted by atomic mass is 9.76. The molecule has 12 nitrogen and oxygen atoms in total. The van der Waals surface area contributed by atoms with Crippen molar-refractivity contribution < 1.29 is 38.4 Å². The van der Waals surface area contributed by atoms with Gasteiger partial charge in [0.25, 0.3) is 0 Å². The Kier molecular flexibility index (Phi) is 12.3. The number of likely N-dealkylation sites (tertiary alicyclic amines) is 1. The maximum absolute atomic E-state index is 14.3. The van der Waals surface area contributed by atoms with Crippen LogP contribution in [-0.2, 0) is 27.4 Å². The van der Waals surface area contributed by atoms with Crippen molar-refractivity contribution in [3.05, 3.63) is 35.1 Å². The van der Waals surface area contributed by atoms with E-state index in [2.05, 4.69) is 16.0 Å². The molecule has 5 N–H and O–H groups in total. The molecule has 1 aromatic rings. The number of benzene rings is 1. The van der Waals surface area contributed by atoms with Crippen LogP contribution in [0.3, 0.4) is 0 Å². The maximum Gasteiger partial charge on any atom is 0.475 e.